The first-order valence-corrected chi connectivity index (χ1v) is 6.17. The molecule has 102 valence electrons. The fourth-order valence-corrected chi connectivity index (χ4v) is 2.16. The zero-order valence-corrected chi connectivity index (χ0v) is 11.3. The predicted octanol–water partition coefficient (Wildman–Crippen LogP) is 2.07. The van der Waals surface area contributed by atoms with E-state index in [1.165, 1.54) is 0 Å². The van der Waals surface area contributed by atoms with Crippen molar-refractivity contribution in [3.05, 3.63) is 36.5 Å². The van der Waals surface area contributed by atoms with Gasteiger partial charge in [-0.3, -0.25) is 9.78 Å². The highest BCUT2D eigenvalue weighted by Gasteiger charge is 2.18. The average molecular weight is 269 g/mol. The fraction of sp³-hybridized carbons (Fsp3) is 0.143. The van der Waals surface area contributed by atoms with Crippen molar-refractivity contribution in [3.8, 4) is 28.3 Å². The summed E-state index contributed by atoms with van der Waals surface area (Å²) in [7, 11) is 3.46. The smallest absolute Gasteiger partial charge is 0.129 e. The van der Waals surface area contributed by atoms with Crippen LogP contribution in [0.5, 0.6) is 5.75 Å². The Kier molecular flexibility index (Phi) is 2.90. The number of nitrogens with one attached hydrogen (secondary N) is 1. The number of aromatic amines is 1. The van der Waals surface area contributed by atoms with E-state index in [2.05, 4.69) is 15.3 Å². The highest BCUT2D eigenvalue weighted by atomic mass is 16.5. The van der Waals surface area contributed by atoms with Crippen molar-refractivity contribution in [1.82, 2.24) is 20.0 Å². The molecule has 0 spiro atoms. The van der Waals surface area contributed by atoms with E-state index >= 15 is 0 Å². The van der Waals surface area contributed by atoms with Crippen LogP contribution in [0.3, 0.4) is 0 Å². The zero-order chi connectivity index (χ0) is 14.1. The zero-order valence-electron chi connectivity index (χ0n) is 11.3. The number of rotatable bonds is 3. The maximum atomic E-state index is 6.15. The molecule has 6 nitrogen and oxygen atoms in total. The fourth-order valence-electron chi connectivity index (χ4n) is 2.16. The number of methoxy groups -OCH3 is 1. The summed E-state index contributed by atoms with van der Waals surface area (Å²) in [6.07, 6.45) is 1.69. The summed E-state index contributed by atoms with van der Waals surface area (Å²) in [6.45, 7) is 0. The van der Waals surface area contributed by atoms with Crippen molar-refractivity contribution in [2.75, 3.05) is 12.8 Å². The van der Waals surface area contributed by atoms with E-state index in [1.807, 2.05) is 37.4 Å². The van der Waals surface area contributed by atoms with Crippen molar-refractivity contribution < 1.29 is 4.74 Å². The second kappa shape index (κ2) is 4.73. The van der Waals surface area contributed by atoms with Crippen LogP contribution >= 0.6 is 0 Å². The van der Waals surface area contributed by atoms with Crippen LogP contribution in [0.4, 0.5) is 5.82 Å². The molecule has 2 aromatic heterocycles. The number of nitrogens with zero attached hydrogens (tertiary/aromatic N) is 3. The maximum absolute atomic E-state index is 6.15. The van der Waals surface area contributed by atoms with Crippen LogP contribution in [-0.2, 0) is 7.05 Å². The molecule has 3 aromatic rings. The number of benzene rings is 1. The molecule has 0 unspecified atom stereocenters. The minimum absolute atomic E-state index is 0.611. The lowest BCUT2D eigenvalue weighted by molar-refractivity contribution is 0.415. The number of aryl methyl sites for hydroxylation is 1. The van der Waals surface area contributed by atoms with Crippen LogP contribution in [-0.4, -0.2) is 27.1 Å². The molecule has 0 saturated heterocycles. The molecular weight excluding hydrogens is 254 g/mol. The molecule has 0 amide bonds. The van der Waals surface area contributed by atoms with Gasteiger partial charge in [0.1, 0.15) is 17.3 Å². The lowest BCUT2D eigenvalue weighted by atomic mass is 10.0. The summed E-state index contributed by atoms with van der Waals surface area (Å²) in [6, 6.07) is 9.60. The molecule has 3 rings (SSSR count). The van der Waals surface area contributed by atoms with Crippen LogP contribution in [0.1, 0.15) is 0 Å². The third-order valence-electron chi connectivity index (χ3n) is 3.23. The third kappa shape index (κ3) is 1.91. The van der Waals surface area contributed by atoms with E-state index in [-0.39, 0.29) is 0 Å². The summed E-state index contributed by atoms with van der Waals surface area (Å²) in [5, 5.41) is 11.3. The minimum Gasteiger partial charge on any atom is -0.497 e. The van der Waals surface area contributed by atoms with Gasteiger partial charge < -0.3 is 10.5 Å². The first kappa shape index (κ1) is 12.3. The van der Waals surface area contributed by atoms with Gasteiger partial charge in [-0.1, -0.05) is 12.1 Å². The number of ether oxygens (including phenoxy) is 1. The molecule has 6 heteroatoms. The number of anilines is 1. The molecule has 3 N–H and O–H groups in total. The van der Waals surface area contributed by atoms with Crippen molar-refractivity contribution >= 4 is 5.82 Å². The molecule has 0 bridgehead atoms. The first-order chi connectivity index (χ1) is 9.70. The molecule has 1 aromatic carbocycles. The Morgan fingerprint density at radius 2 is 1.95 bits per heavy atom. The number of hydrogen-bond acceptors (Lipinski definition) is 4. The summed E-state index contributed by atoms with van der Waals surface area (Å²) >= 11 is 0. The highest BCUT2D eigenvalue weighted by molar-refractivity contribution is 5.87. The molecule has 0 aliphatic rings. The number of nitrogen functional groups attached to an aromatic ring is 1. The van der Waals surface area contributed by atoms with E-state index in [0.717, 1.165) is 28.3 Å². The van der Waals surface area contributed by atoms with E-state index in [0.29, 0.717) is 5.82 Å². The van der Waals surface area contributed by atoms with E-state index in [9.17, 15) is 0 Å². The molecule has 0 fully saturated rings. The van der Waals surface area contributed by atoms with E-state index < -0.39 is 0 Å². The van der Waals surface area contributed by atoms with Crippen molar-refractivity contribution in [1.29, 1.82) is 0 Å². The van der Waals surface area contributed by atoms with Crippen LogP contribution < -0.4 is 10.5 Å². The van der Waals surface area contributed by atoms with Gasteiger partial charge in [-0.05, 0) is 23.8 Å². The number of aromatic nitrogens is 4. The number of hydrogen-bond donors (Lipinski definition) is 2. The highest BCUT2D eigenvalue weighted by Crippen LogP contribution is 2.35. The van der Waals surface area contributed by atoms with Gasteiger partial charge in [-0.2, -0.15) is 10.2 Å². The van der Waals surface area contributed by atoms with Crippen LogP contribution in [0, 0.1) is 0 Å². The largest absolute Gasteiger partial charge is 0.497 e. The quantitative estimate of drug-likeness (QED) is 0.762. The molecule has 0 aliphatic carbocycles. The number of H-pyrrole nitrogens is 1. The third-order valence-corrected chi connectivity index (χ3v) is 3.23. The maximum Gasteiger partial charge on any atom is 0.129 e. The summed E-state index contributed by atoms with van der Waals surface area (Å²) in [5.41, 5.74) is 9.64. The standard InChI is InChI=1S/C14H15N5O/c1-19-14(15)12(9-3-5-10(20-2)6-4-9)13(18-19)11-7-8-16-17-11/h3-8H,15H2,1-2H3,(H,16,17). The second-order valence-corrected chi connectivity index (χ2v) is 4.43. The molecular formula is C14H15N5O. The van der Waals surface area contributed by atoms with Gasteiger partial charge in [0.25, 0.3) is 0 Å². The number of nitrogens with two attached hydrogens (primary N) is 1. The normalized spacial score (nSPS) is 10.7. The molecule has 20 heavy (non-hydrogen) atoms. The van der Waals surface area contributed by atoms with E-state index in [4.69, 9.17) is 10.5 Å². The Balaban J connectivity index is 2.16. The molecule has 0 aliphatic heterocycles. The Morgan fingerprint density at radius 1 is 1.20 bits per heavy atom. The molecule has 0 saturated carbocycles. The Labute approximate surface area is 116 Å². The molecule has 0 radical (unpaired) electrons. The van der Waals surface area contributed by atoms with Crippen molar-refractivity contribution in [2.24, 2.45) is 7.05 Å². The van der Waals surface area contributed by atoms with Gasteiger partial charge >= 0.3 is 0 Å². The van der Waals surface area contributed by atoms with Gasteiger partial charge in [0.05, 0.1) is 18.4 Å². The monoisotopic (exact) mass is 269 g/mol. The second-order valence-electron chi connectivity index (χ2n) is 4.43. The SMILES string of the molecule is COc1ccc(-c2c(-c3ccn[nH]3)nn(C)c2N)cc1. The van der Waals surface area contributed by atoms with Gasteiger partial charge in [0.2, 0.25) is 0 Å². The lowest BCUT2D eigenvalue weighted by Gasteiger charge is -2.05. The van der Waals surface area contributed by atoms with Crippen LogP contribution in [0.15, 0.2) is 36.5 Å². The summed E-state index contributed by atoms with van der Waals surface area (Å²) in [4.78, 5) is 0. The van der Waals surface area contributed by atoms with Gasteiger partial charge in [0.15, 0.2) is 0 Å². The van der Waals surface area contributed by atoms with Gasteiger partial charge in [-0.25, -0.2) is 0 Å². The van der Waals surface area contributed by atoms with Crippen LogP contribution in [0.25, 0.3) is 22.5 Å². The molecule has 0 atom stereocenters. The van der Waals surface area contributed by atoms with Crippen molar-refractivity contribution in [3.63, 3.8) is 0 Å². The Hall–Kier alpha value is -2.76. The van der Waals surface area contributed by atoms with Crippen LogP contribution in [0.2, 0.25) is 0 Å². The minimum atomic E-state index is 0.611. The van der Waals surface area contributed by atoms with E-state index in [1.54, 1.807) is 18.0 Å². The Morgan fingerprint density at radius 3 is 2.55 bits per heavy atom. The Bertz CT molecular complexity index is 713. The van der Waals surface area contributed by atoms with Crippen molar-refractivity contribution in [2.45, 2.75) is 0 Å². The van der Waals surface area contributed by atoms with Gasteiger partial charge in [0, 0.05) is 13.2 Å². The predicted molar refractivity (Wildman–Crippen MR) is 77.2 cm³/mol. The lowest BCUT2D eigenvalue weighted by Crippen LogP contribution is -1.98. The van der Waals surface area contributed by atoms with Gasteiger partial charge in [-0.15, -0.1) is 0 Å². The average Bonchev–Trinajstić information content (AvgIpc) is 3.09. The molecule has 2 heterocycles. The summed E-state index contributed by atoms with van der Waals surface area (Å²) in [5.74, 6) is 1.42. The first-order valence-electron chi connectivity index (χ1n) is 6.17. The topological polar surface area (TPSA) is 81.8 Å². The summed E-state index contributed by atoms with van der Waals surface area (Å²) < 4.78 is 6.84.